The third-order valence-corrected chi connectivity index (χ3v) is 3.95. The summed E-state index contributed by atoms with van der Waals surface area (Å²) in [6.45, 7) is 1.88. The van der Waals surface area contributed by atoms with Gasteiger partial charge in [0.05, 0.1) is 0 Å². The summed E-state index contributed by atoms with van der Waals surface area (Å²) >= 11 is 5.97. The van der Waals surface area contributed by atoms with Gasteiger partial charge in [0.1, 0.15) is 5.92 Å². The van der Waals surface area contributed by atoms with Crippen LogP contribution in [0.1, 0.15) is 33.2 Å². The fourth-order valence-electron chi connectivity index (χ4n) is 2.60. The van der Waals surface area contributed by atoms with Gasteiger partial charge in [-0.2, -0.15) is 0 Å². The van der Waals surface area contributed by atoms with E-state index in [2.05, 4.69) is 0 Å². The minimum absolute atomic E-state index is 0.128. The van der Waals surface area contributed by atoms with E-state index in [0.29, 0.717) is 16.1 Å². The van der Waals surface area contributed by atoms with Gasteiger partial charge in [-0.25, -0.2) is 0 Å². The molecule has 0 amide bonds. The summed E-state index contributed by atoms with van der Waals surface area (Å²) in [4.78, 5) is 24.7. The van der Waals surface area contributed by atoms with Crippen molar-refractivity contribution < 1.29 is 9.59 Å². The Balaban J connectivity index is 1.98. The number of carbonyl (C=O) groups excluding carboxylic acids is 2. The van der Waals surface area contributed by atoms with Gasteiger partial charge in [-0.05, 0) is 30.2 Å². The first-order valence-corrected chi connectivity index (χ1v) is 7.07. The first kappa shape index (κ1) is 13.8. The minimum Gasteiger partial charge on any atom is -0.293 e. The molecule has 0 saturated carbocycles. The van der Waals surface area contributed by atoms with Crippen LogP contribution in [0, 0.1) is 5.92 Å². The molecule has 0 unspecified atom stereocenters. The second kappa shape index (κ2) is 5.30. The van der Waals surface area contributed by atoms with E-state index in [9.17, 15) is 9.59 Å². The monoisotopic (exact) mass is 296 g/mol. The van der Waals surface area contributed by atoms with Crippen molar-refractivity contribution in [2.75, 3.05) is 0 Å². The lowest BCUT2D eigenvalue weighted by atomic mass is 9.97. The summed E-state index contributed by atoms with van der Waals surface area (Å²) in [5, 5.41) is 0.632. The van der Waals surface area contributed by atoms with Gasteiger partial charge in [0.15, 0.2) is 11.6 Å². The Morgan fingerprint density at radius 3 is 2.19 bits per heavy atom. The Bertz CT molecular complexity index is 739. The van der Waals surface area contributed by atoms with Crippen LogP contribution >= 0.6 is 11.6 Å². The Kier molecular flexibility index (Phi) is 3.48. The first-order chi connectivity index (χ1) is 10.1. The third-order valence-electron chi connectivity index (χ3n) is 3.72. The number of rotatable bonds is 2. The summed E-state index contributed by atoms with van der Waals surface area (Å²) in [5.74, 6) is -0.977. The lowest BCUT2D eigenvalue weighted by molar-refractivity contribution is 0.0871. The van der Waals surface area contributed by atoms with Crippen molar-refractivity contribution in [1.82, 2.24) is 0 Å². The van der Waals surface area contributed by atoms with Crippen LogP contribution in [0.3, 0.4) is 0 Å². The highest BCUT2D eigenvalue weighted by molar-refractivity contribution is 6.30. The maximum absolute atomic E-state index is 12.3. The van der Waals surface area contributed by atoms with Crippen molar-refractivity contribution >= 4 is 28.7 Å². The van der Waals surface area contributed by atoms with Crippen molar-refractivity contribution in [3.63, 3.8) is 0 Å². The van der Waals surface area contributed by atoms with Crippen molar-refractivity contribution in [2.45, 2.75) is 6.92 Å². The number of hydrogen-bond donors (Lipinski definition) is 0. The van der Waals surface area contributed by atoms with E-state index in [1.165, 1.54) is 0 Å². The van der Waals surface area contributed by atoms with Crippen molar-refractivity contribution in [3.8, 4) is 0 Å². The summed E-state index contributed by atoms with van der Waals surface area (Å²) in [6.07, 6.45) is 1.73. The maximum atomic E-state index is 12.3. The van der Waals surface area contributed by atoms with Crippen LogP contribution in [0.25, 0.3) is 5.57 Å². The van der Waals surface area contributed by atoms with Crippen LogP contribution in [0.5, 0.6) is 0 Å². The zero-order valence-electron chi connectivity index (χ0n) is 11.5. The fraction of sp³-hybridized carbons (Fsp3) is 0.111. The topological polar surface area (TPSA) is 34.1 Å². The van der Waals surface area contributed by atoms with E-state index in [4.69, 9.17) is 11.6 Å². The van der Waals surface area contributed by atoms with Crippen molar-refractivity contribution in [2.24, 2.45) is 5.92 Å². The zero-order chi connectivity index (χ0) is 15.0. The molecule has 0 saturated heterocycles. The molecule has 0 aromatic heterocycles. The first-order valence-electron chi connectivity index (χ1n) is 6.70. The van der Waals surface area contributed by atoms with Crippen LogP contribution < -0.4 is 0 Å². The van der Waals surface area contributed by atoms with Gasteiger partial charge in [-0.1, -0.05) is 54.1 Å². The molecule has 3 rings (SSSR count). The van der Waals surface area contributed by atoms with E-state index < -0.39 is 5.92 Å². The van der Waals surface area contributed by atoms with Crippen molar-refractivity contribution in [1.29, 1.82) is 0 Å². The maximum Gasteiger partial charge on any atom is 0.178 e. The highest BCUT2D eigenvalue weighted by atomic mass is 35.5. The van der Waals surface area contributed by atoms with Crippen LogP contribution in [0.15, 0.2) is 54.6 Å². The Labute approximate surface area is 128 Å². The number of Topliss-reactive ketones (excluding diaryl/α,β-unsaturated/α-hetero) is 2. The van der Waals surface area contributed by atoms with Gasteiger partial charge in [0.25, 0.3) is 0 Å². The number of ketones is 2. The average Bonchev–Trinajstić information content (AvgIpc) is 2.73. The van der Waals surface area contributed by atoms with Crippen LogP contribution in [0.4, 0.5) is 0 Å². The molecule has 1 aliphatic carbocycles. The number of allylic oxidation sites excluding steroid dienone is 2. The molecule has 21 heavy (non-hydrogen) atoms. The summed E-state index contributed by atoms with van der Waals surface area (Å²) in [6, 6.07) is 14.3. The molecule has 0 N–H and O–H groups in total. The molecule has 2 aromatic carbocycles. The molecule has 0 fully saturated rings. The van der Waals surface area contributed by atoms with E-state index in [-0.39, 0.29) is 11.6 Å². The molecule has 0 spiro atoms. The standard InChI is InChI=1S/C18H13ClO2/c1-11(12-5-4-6-13(19)10-12)9-16-17(20)14-7-2-3-8-15(14)18(16)21/h2-10,16H,1H3/b11-9+. The fourth-order valence-corrected chi connectivity index (χ4v) is 2.79. The molecular weight excluding hydrogens is 284 g/mol. The lowest BCUT2D eigenvalue weighted by Crippen LogP contribution is -2.12. The van der Waals surface area contributed by atoms with Gasteiger partial charge < -0.3 is 0 Å². The number of halogens is 1. The molecule has 1 aliphatic rings. The predicted molar refractivity (Wildman–Crippen MR) is 83.7 cm³/mol. The third kappa shape index (κ3) is 2.43. The number of fused-ring (bicyclic) bond motifs is 1. The van der Waals surface area contributed by atoms with Crippen LogP contribution in [0.2, 0.25) is 5.02 Å². The molecule has 3 heteroatoms. The molecular formula is C18H13ClO2. The van der Waals surface area contributed by atoms with Crippen LogP contribution in [-0.4, -0.2) is 11.6 Å². The second-order valence-corrected chi connectivity index (χ2v) is 5.55. The molecule has 2 aromatic rings. The van der Waals surface area contributed by atoms with Gasteiger partial charge in [0, 0.05) is 16.1 Å². The summed E-state index contributed by atoms with van der Waals surface area (Å²) in [7, 11) is 0. The largest absolute Gasteiger partial charge is 0.293 e. The Morgan fingerprint density at radius 1 is 1.00 bits per heavy atom. The molecule has 0 atom stereocenters. The van der Waals surface area contributed by atoms with E-state index in [1.54, 1.807) is 36.4 Å². The highest BCUT2D eigenvalue weighted by Crippen LogP contribution is 2.30. The molecule has 0 bridgehead atoms. The van der Waals surface area contributed by atoms with E-state index in [1.807, 2.05) is 25.1 Å². The van der Waals surface area contributed by atoms with Crippen molar-refractivity contribution in [3.05, 3.63) is 76.3 Å². The molecule has 2 nitrogen and oxygen atoms in total. The Hall–Kier alpha value is -2.19. The molecule has 0 aliphatic heterocycles. The Morgan fingerprint density at radius 2 is 1.62 bits per heavy atom. The number of carbonyl (C=O) groups is 2. The smallest absolute Gasteiger partial charge is 0.178 e. The van der Waals surface area contributed by atoms with E-state index >= 15 is 0 Å². The number of benzene rings is 2. The van der Waals surface area contributed by atoms with Crippen LogP contribution in [-0.2, 0) is 0 Å². The highest BCUT2D eigenvalue weighted by Gasteiger charge is 2.36. The summed E-state index contributed by atoms with van der Waals surface area (Å²) in [5.41, 5.74) is 2.82. The van der Waals surface area contributed by atoms with Gasteiger partial charge in [-0.15, -0.1) is 0 Å². The van der Waals surface area contributed by atoms with Gasteiger partial charge >= 0.3 is 0 Å². The normalized spacial score (nSPS) is 15.4. The summed E-state index contributed by atoms with van der Waals surface area (Å²) < 4.78 is 0. The quantitative estimate of drug-likeness (QED) is 0.768. The van der Waals surface area contributed by atoms with E-state index in [0.717, 1.165) is 11.1 Å². The minimum atomic E-state index is -0.721. The average molecular weight is 297 g/mol. The molecule has 0 heterocycles. The second-order valence-electron chi connectivity index (χ2n) is 5.11. The SMILES string of the molecule is C/C(=C\C1C(=O)c2ccccc2C1=O)c1cccc(Cl)c1. The van der Waals surface area contributed by atoms with Gasteiger partial charge in [-0.3, -0.25) is 9.59 Å². The number of hydrogen-bond acceptors (Lipinski definition) is 2. The zero-order valence-corrected chi connectivity index (χ0v) is 12.2. The lowest BCUT2D eigenvalue weighted by Gasteiger charge is -2.05. The predicted octanol–water partition coefficient (Wildman–Crippen LogP) is 4.44. The van der Waals surface area contributed by atoms with Gasteiger partial charge in [0.2, 0.25) is 0 Å². The molecule has 104 valence electrons. The molecule has 0 radical (unpaired) electrons.